The highest BCUT2D eigenvalue weighted by Crippen LogP contribution is 2.27. The Bertz CT molecular complexity index is 878. The van der Waals surface area contributed by atoms with Crippen molar-refractivity contribution in [1.82, 2.24) is 16.0 Å². The number of thioether (sulfide) groups is 1. The van der Waals surface area contributed by atoms with Gasteiger partial charge in [-0.3, -0.25) is 9.59 Å². The number of nitrogens with zero attached hydrogens (tertiary/aromatic N) is 1. The molecular formula is C24H34N4O5S. The monoisotopic (exact) mass is 490 g/mol. The van der Waals surface area contributed by atoms with Gasteiger partial charge >= 0.3 is 0 Å². The fourth-order valence-corrected chi connectivity index (χ4v) is 2.93. The maximum Gasteiger partial charge on any atom is 0.251 e. The van der Waals surface area contributed by atoms with E-state index >= 15 is 0 Å². The second-order valence-corrected chi connectivity index (χ2v) is 8.91. The van der Waals surface area contributed by atoms with Crippen molar-refractivity contribution >= 4 is 23.6 Å². The van der Waals surface area contributed by atoms with Gasteiger partial charge in [0.25, 0.3) is 5.91 Å². The van der Waals surface area contributed by atoms with Gasteiger partial charge in [-0.1, -0.05) is 31.8 Å². The summed E-state index contributed by atoms with van der Waals surface area (Å²) in [7, 11) is 1.81. The number of thiocyanates is 1. The fourth-order valence-electron chi connectivity index (χ4n) is 2.47. The van der Waals surface area contributed by atoms with Gasteiger partial charge in [0, 0.05) is 24.6 Å². The SMILES string of the molecule is CNCCNC(=O)c1cccc(OCC(C)(OCCOCC(=O)NCC#CC(C)C)SC#N)c1. The predicted molar refractivity (Wildman–Crippen MR) is 132 cm³/mol. The lowest BCUT2D eigenvalue weighted by Gasteiger charge is -2.26. The molecule has 0 aliphatic heterocycles. The first-order valence-electron chi connectivity index (χ1n) is 11.0. The number of benzene rings is 1. The average molecular weight is 491 g/mol. The van der Waals surface area contributed by atoms with Crippen LogP contribution in [0, 0.1) is 28.4 Å². The van der Waals surface area contributed by atoms with E-state index in [4.69, 9.17) is 19.5 Å². The molecule has 9 nitrogen and oxygen atoms in total. The molecule has 2 amide bonds. The zero-order valence-electron chi connectivity index (χ0n) is 20.2. The first-order valence-corrected chi connectivity index (χ1v) is 11.8. The van der Waals surface area contributed by atoms with E-state index in [9.17, 15) is 9.59 Å². The summed E-state index contributed by atoms with van der Waals surface area (Å²) in [5.74, 6) is 6.12. The predicted octanol–water partition coefficient (Wildman–Crippen LogP) is 1.75. The number of carbonyl (C=O) groups excluding carboxylic acids is 2. The Balaban J connectivity index is 2.44. The smallest absolute Gasteiger partial charge is 0.251 e. The third-order valence-electron chi connectivity index (χ3n) is 4.15. The van der Waals surface area contributed by atoms with Crippen molar-refractivity contribution in [2.24, 2.45) is 5.92 Å². The summed E-state index contributed by atoms with van der Waals surface area (Å²) in [6.45, 7) is 7.47. The second-order valence-electron chi connectivity index (χ2n) is 7.66. The van der Waals surface area contributed by atoms with Gasteiger partial charge in [-0.15, -0.1) is 0 Å². The van der Waals surface area contributed by atoms with E-state index in [1.54, 1.807) is 31.2 Å². The molecule has 10 heteroatoms. The molecule has 3 N–H and O–H groups in total. The Morgan fingerprint density at radius 2 is 2.00 bits per heavy atom. The Kier molecular flexibility index (Phi) is 14.5. The summed E-state index contributed by atoms with van der Waals surface area (Å²) in [5.41, 5.74) is 0.478. The summed E-state index contributed by atoms with van der Waals surface area (Å²) in [6, 6.07) is 6.80. The summed E-state index contributed by atoms with van der Waals surface area (Å²) < 4.78 is 16.9. The lowest BCUT2D eigenvalue weighted by Crippen LogP contribution is -2.34. The molecule has 1 atom stereocenters. The minimum absolute atomic E-state index is 0.0745. The van der Waals surface area contributed by atoms with Crippen molar-refractivity contribution in [3.05, 3.63) is 29.8 Å². The maximum atomic E-state index is 12.2. The number of rotatable bonds is 15. The normalized spacial score (nSPS) is 12.1. The van der Waals surface area contributed by atoms with Crippen LogP contribution in [0.1, 0.15) is 31.1 Å². The van der Waals surface area contributed by atoms with E-state index in [0.717, 1.165) is 11.8 Å². The molecule has 0 aliphatic rings. The van der Waals surface area contributed by atoms with E-state index in [0.29, 0.717) is 24.4 Å². The lowest BCUT2D eigenvalue weighted by atomic mass is 10.2. The van der Waals surface area contributed by atoms with Gasteiger partial charge < -0.3 is 30.2 Å². The number of hydrogen-bond donors (Lipinski definition) is 3. The molecule has 0 aromatic heterocycles. The van der Waals surface area contributed by atoms with Gasteiger partial charge in [-0.05, 0) is 43.9 Å². The topological polar surface area (TPSA) is 122 Å². The average Bonchev–Trinajstić information content (AvgIpc) is 2.81. The molecule has 1 rings (SSSR count). The van der Waals surface area contributed by atoms with E-state index < -0.39 is 4.93 Å². The number of amides is 2. The molecule has 1 unspecified atom stereocenters. The van der Waals surface area contributed by atoms with E-state index in [2.05, 4.69) is 27.8 Å². The third-order valence-corrected chi connectivity index (χ3v) is 4.91. The van der Waals surface area contributed by atoms with Crippen LogP contribution in [0.4, 0.5) is 0 Å². The van der Waals surface area contributed by atoms with Gasteiger partial charge in [0.1, 0.15) is 24.4 Å². The van der Waals surface area contributed by atoms with E-state index in [1.165, 1.54) is 0 Å². The molecule has 0 aliphatic carbocycles. The van der Waals surface area contributed by atoms with Crippen molar-refractivity contribution in [3.63, 3.8) is 0 Å². The molecule has 34 heavy (non-hydrogen) atoms. The molecule has 0 spiro atoms. The Morgan fingerprint density at radius 1 is 1.21 bits per heavy atom. The summed E-state index contributed by atoms with van der Waals surface area (Å²) in [5, 5.41) is 19.6. The number of ether oxygens (including phenoxy) is 3. The van der Waals surface area contributed by atoms with Crippen LogP contribution in [-0.4, -0.2) is 69.9 Å². The minimum Gasteiger partial charge on any atom is -0.490 e. The van der Waals surface area contributed by atoms with Crippen LogP contribution in [0.3, 0.4) is 0 Å². The van der Waals surface area contributed by atoms with Crippen molar-refractivity contribution in [1.29, 1.82) is 5.26 Å². The van der Waals surface area contributed by atoms with Crippen molar-refractivity contribution in [2.45, 2.75) is 25.7 Å². The van der Waals surface area contributed by atoms with Crippen molar-refractivity contribution < 1.29 is 23.8 Å². The fraction of sp³-hybridized carbons (Fsp3) is 0.542. The highest BCUT2D eigenvalue weighted by molar-refractivity contribution is 8.04. The quantitative estimate of drug-likeness (QED) is 0.147. The van der Waals surface area contributed by atoms with Gasteiger partial charge in [0.15, 0.2) is 4.93 Å². The van der Waals surface area contributed by atoms with Crippen molar-refractivity contribution in [2.75, 3.05) is 53.1 Å². The molecular weight excluding hydrogens is 456 g/mol. The third kappa shape index (κ3) is 13.1. The first-order chi connectivity index (χ1) is 16.3. The molecule has 1 aromatic carbocycles. The van der Waals surface area contributed by atoms with Crippen LogP contribution in [0.25, 0.3) is 0 Å². The molecule has 0 saturated carbocycles. The zero-order chi connectivity index (χ0) is 25.2. The van der Waals surface area contributed by atoms with Crippen LogP contribution in [0.5, 0.6) is 5.75 Å². The Morgan fingerprint density at radius 3 is 2.71 bits per heavy atom. The molecule has 0 heterocycles. The van der Waals surface area contributed by atoms with Crippen LogP contribution in [0.2, 0.25) is 0 Å². The number of nitrogens with one attached hydrogen (secondary N) is 3. The van der Waals surface area contributed by atoms with Crippen LogP contribution in [0.15, 0.2) is 24.3 Å². The number of hydrogen-bond acceptors (Lipinski definition) is 8. The lowest BCUT2D eigenvalue weighted by molar-refractivity contribution is -0.126. The Hall–Kier alpha value is -2.76. The van der Waals surface area contributed by atoms with Gasteiger partial charge in [0.05, 0.1) is 19.8 Å². The van der Waals surface area contributed by atoms with Gasteiger partial charge in [0.2, 0.25) is 5.91 Å². The summed E-state index contributed by atoms with van der Waals surface area (Å²) in [4.78, 5) is 23.0. The van der Waals surface area contributed by atoms with Crippen LogP contribution >= 0.6 is 11.8 Å². The molecule has 0 saturated heterocycles. The summed E-state index contributed by atoms with van der Waals surface area (Å²) >= 11 is 0.924. The van der Waals surface area contributed by atoms with Crippen molar-refractivity contribution in [3.8, 4) is 23.0 Å². The zero-order valence-corrected chi connectivity index (χ0v) is 21.0. The second kappa shape index (κ2) is 16.8. The largest absolute Gasteiger partial charge is 0.490 e. The summed E-state index contributed by atoms with van der Waals surface area (Å²) in [6.07, 6.45) is 0. The van der Waals surface area contributed by atoms with Crippen LogP contribution < -0.4 is 20.7 Å². The number of nitriles is 1. The van der Waals surface area contributed by atoms with E-state index in [1.807, 2.05) is 26.3 Å². The molecule has 1 aromatic rings. The molecule has 0 bridgehead atoms. The highest BCUT2D eigenvalue weighted by atomic mass is 32.2. The molecule has 0 radical (unpaired) electrons. The highest BCUT2D eigenvalue weighted by Gasteiger charge is 2.28. The van der Waals surface area contributed by atoms with Crippen LogP contribution in [-0.2, 0) is 14.3 Å². The number of carbonyl (C=O) groups is 2. The first kappa shape index (κ1) is 29.3. The van der Waals surface area contributed by atoms with Gasteiger partial charge in [-0.2, -0.15) is 5.26 Å². The standard InChI is InChI=1S/C24H34N4O5S/c1-19(2)7-6-10-27-22(29)16-31-13-14-33-24(3,34-18-25)17-32-21-9-5-8-20(15-21)23(30)28-12-11-26-4/h5,8-9,15,19,26H,10-14,16-17H2,1-4H3,(H,27,29)(H,28,30). The molecule has 0 fully saturated rings. The van der Waals surface area contributed by atoms with E-state index in [-0.39, 0.29) is 50.7 Å². The Labute approximate surface area is 206 Å². The minimum atomic E-state index is -0.960. The molecule has 186 valence electrons. The number of likely N-dealkylation sites (N-methyl/N-ethyl adjacent to an activating group) is 1. The maximum absolute atomic E-state index is 12.2. The van der Waals surface area contributed by atoms with Gasteiger partial charge in [-0.25, -0.2) is 0 Å².